The molecule has 0 aliphatic rings. The van der Waals surface area contributed by atoms with Gasteiger partial charge >= 0.3 is 0 Å². The maximum absolute atomic E-state index is 3.47. The van der Waals surface area contributed by atoms with Crippen LogP contribution in [0.15, 0.2) is 30.3 Å². The average Bonchev–Trinajstić information content (AvgIpc) is 2.37. The molecule has 0 aliphatic carbocycles. The van der Waals surface area contributed by atoms with Crippen molar-refractivity contribution < 1.29 is 0 Å². The van der Waals surface area contributed by atoms with E-state index >= 15 is 0 Å². The topological polar surface area (TPSA) is 18.5 Å². The van der Waals surface area contributed by atoms with E-state index in [0.717, 1.165) is 26.2 Å². The van der Waals surface area contributed by atoms with Gasteiger partial charge < -0.3 is 15.1 Å². The van der Waals surface area contributed by atoms with Gasteiger partial charge in [0.15, 0.2) is 0 Å². The molecule has 0 aromatic heterocycles. The molecule has 0 unspecified atom stereocenters. The molecule has 1 rings (SSSR count). The van der Waals surface area contributed by atoms with Gasteiger partial charge in [0, 0.05) is 31.9 Å². The first-order valence-corrected chi connectivity index (χ1v) is 6.88. The van der Waals surface area contributed by atoms with Crippen molar-refractivity contribution in [1.29, 1.82) is 0 Å². The van der Waals surface area contributed by atoms with Crippen molar-refractivity contribution in [3.05, 3.63) is 30.3 Å². The molecule has 3 heteroatoms. The van der Waals surface area contributed by atoms with E-state index in [1.165, 1.54) is 18.7 Å². The Morgan fingerprint density at radius 1 is 0.944 bits per heavy atom. The fraction of sp³-hybridized carbons (Fsp3) is 0.600. The Morgan fingerprint density at radius 3 is 2.28 bits per heavy atom. The van der Waals surface area contributed by atoms with Crippen LogP contribution in [0.3, 0.4) is 0 Å². The van der Waals surface area contributed by atoms with Crippen molar-refractivity contribution in [1.82, 2.24) is 9.80 Å². The molecule has 0 amide bonds. The van der Waals surface area contributed by atoms with Crippen LogP contribution in [0.25, 0.3) is 0 Å². The molecular formula is C15H27N3. The average molecular weight is 249 g/mol. The standard InChI is InChI=1S/C15H27N3/c1-4-11-18(14-13-17(2)3)12-10-16-15-8-6-5-7-9-15/h5-9,16H,4,10-14H2,1-3H3. The van der Waals surface area contributed by atoms with E-state index in [1.807, 2.05) is 6.07 Å². The highest BCUT2D eigenvalue weighted by Gasteiger charge is 2.03. The molecular weight excluding hydrogens is 222 g/mol. The Hall–Kier alpha value is -1.06. The molecule has 0 bridgehead atoms. The second-order valence-electron chi connectivity index (χ2n) is 4.94. The fourth-order valence-corrected chi connectivity index (χ4v) is 1.91. The molecule has 18 heavy (non-hydrogen) atoms. The Morgan fingerprint density at radius 2 is 1.67 bits per heavy atom. The second kappa shape index (κ2) is 8.95. The molecule has 0 aliphatic heterocycles. The molecule has 3 nitrogen and oxygen atoms in total. The minimum Gasteiger partial charge on any atom is -0.384 e. The van der Waals surface area contributed by atoms with Crippen LogP contribution < -0.4 is 5.32 Å². The van der Waals surface area contributed by atoms with Crippen molar-refractivity contribution in [2.45, 2.75) is 13.3 Å². The van der Waals surface area contributed by atoms with Gasteiger partial charge in [-0.2, -0.15) is 0 Å². The lowest BCUT2D eigenvalue weighted by Gasteiger charge is -2.23. The predicted molar refractivity (Wildman–Crippen MR) is 80.2 cm³/mol. The summed E-state index contributed by atoms with van der Waals surface area (Å²) in [6, 6.07) is 10.4. The van der Waals surface area contributed by atoms with E-state index in [2.05, 4.69) is 60.4 Å². The lowest BCUT2D eigenvalue weighted by atomic mass is 10.3. The number of nitrogens with one attached hydrogen (secondary N) is 1. The maximum Gasteiger partial charge on any atom is 0.0340 e. The third kappa shape index (κ3) is 6.62. The molecule has 0 saturated carbocycles. The van der Waals surface area contributed by atoms with Gasteiger partial charge in [0.2, 0.25) is 0 Å². The fourth-order valence-electron chi connectivity index (χ4n) is 1.91. The van der Waals surface area contributed by atoms with Gasteiger partial charge in [-0.1, -0.05) is 25.1 Å². The molecule has 0 radical (unpaired) electrons. The Bertz CT molecular complexity index is 298. The van der Waals surface area contributed by atoms with Gasteiger partial charge in [-0.3, -0.25) is 0 Å². The first kappa shape index (κ1) is 15.0. The summed E-state index contributed by atoms with van der Waals surface area (Å²) in [7, 11) is 4.26. The summed E-state index contributed by atoms with van der Waals surface area (Å²) in [5.41, 5.74) is 1.21. The number of rotatable bonds is 9. The Kier molecular flexibility index (Phi) is 7.46. The second-order valence-corrected chi connectivity index (χ2v) is 4.94. The Labute approximate surface area is 112 Å². The summed E-state index contributed by atoms with van der Waals surface area (Å²) >= 11 is 0. The summed E-state index contributed by atoms with van der Waals surface area (Å²) < 4.78 is 0. The number of likely N-dealkylation sites (N-methyl/N-ethyl adjacent to an activating group) is 1. The summed E-state index contributed by atoms with van der Waals surface area (Å²) in [4.78, 5) is 4.77. The third-order valence-electron chi connectivity index (χ3n) is 2.93. The van der Waals surface area contributed by atoms with Crippen LogP contribution in [0.2, 0.25) is 0 Å². The summed E-state index contributed by atoms with van der Waals surface area (Å²) in [6.07, 6.45) is 1.22. The van der Waals surface area contributed by atoms with Gasteiger partial charge in [-0.05, 0) is 39.2 Å². The highest BCUT2D eigenvalue weighted by Crippen LogP contribution is 2.04. The van der Waals surface area contributed by atoms with E-state index in [0.29, 0.717) is 0 Å². The van der Waals surface area contributed by atoms with E-state index < -0.39 is 0 Å². The normalized spacial score (nSPS) is 11.2. The molecule has 0 saturated heterocycles. The van der Waals surface area contributed by atoms with Crippen LogP contribution in [0.4, 0.5) is 5.69 Å². The van der Waals surface area contributed by atoms with Crippen LogP contribution in [0, 0.1) is 0 Å². The monoisotopic (exact) mass is 249 g/mol. The number of anilines is 1. The summed E-state index contributed by atoms with van der Waals surface area (Å²) in [5, 5.41) is 3.47. The van der Waals surface area contributed by atoms with Crippen LogP contribution in [0.5, 0.6) is 0 Å². The number of para-hydroxylation sites is 1. The lowest BCUT2D eigenvalue weighted by molar-refractivity contribution is 0.248. The zero-order chi connectivity index (χ0) is 13.2. The highest BCUT2D eigenvalue weighted by atomic mass is 15.2. The summed E-state index contributed by atoms with van der Waals surface area (Å²) in [6.45, 7) is 7.83. The zero-order valence-electron chi connectivity index (χ0n) is 12.0. The number of benzene rings is 1. The van der Waals surface area contributed by atoms with Gasteiger partial charge in [-0.15, -0.1) is 0 Å². The molecule has 0 spiro atoms. The molecule has 0 heterocycles. The van der Waals surface area contributed by atoms with Crippen LogP contribution >= 0.6 is 0 Å². The quantitative estimate of drug-likeness (QED) is 0.725. The van der Waals surface area contributed by atoms with Gasteiger partial charge in [-0.25, -0.2) is 0 Å². The van der Waals surface area contributed by atoms with E-state index in [4.69, 9.17) is 0 Å². The number of hydrogen-bond acceptors (Lipinski definition) is 3. The van der Waals surface area contributed by atoms with Crippen molar-refractivity contribution in [3.63, 3.8) is 0 Å². The number of nitrogens with zero attached hydrogens (tertiary/aromatic N) is 2. The van der Waals surface area contributed by atoms with E-state index in [9.17, 15) is 0 Å². The van der Waals surface area contributed by atoms with Gasteiger partial charge in [0.25, 0.3) is 0 Å². The van der Waals surface area contributed by atoms with Crippen molar-refractivity contribution >= 4 is 5.69 Å². The van der Waals surface area contributed by atoms with Crippen LogP contribution in [-0.2, 0) is 0 Å². The SMILES string of the molecule is CCCN(CCNc1ccccc1)CCN(C)C. The Balaban J connectivity index is 2.24. The molecule has 1 aromatic carbocycles. The largest absolute Gasteiger partial charge is 0.384 e. The van der Waals surface area contributed by atoms with Crippen molar-refractivity contribution in [2.75, 3.05) is 52.1 Å². The first-order valence-electron chi connectivity index (χ1n) is 6.88. The highest BCUT2D eigenvalue weighted by molar-refractivity contribution is 5.42. The number of hydrogen-bond donors (Lipinski definition) is 1. The van der Waals surface area contributed by atoms with E-state index in [-0.39, 0.29) is 0 Å². The molecule has 102 valence electrons. The smallest absolute Gasteiger partial charge is 0.0340 e. The van der Waals surface area contributed by atoms with Crippen LogP contribution in [-0.4, -0.2) is 56.6 Å². The molecule has 1 aromatic rings. The van der Waals surface area contributed by atoms with E-state index in [1.54, 1.807) is 0 Å². The van der Waals surface area contributed by atoms with Gasteiger partial charge in [0.1, 0.15) is 0 Å². The van der Waals surface area contributed by atoms with Gasteiger partial charge in [0.05, 0.1) is 0 Å². The molecule has 0 atom stereocenters. The van der Waals surface area contributed by atoms with Crippen molar-refractivity contribution in [3.8, 4) is 0 Å². The first-order chi connectivity index (χ1) is 8.72. The lowest BCUT2D eigenvalue weighted by Crippen LogP contribution is -2.35. The third-order valence-corrected chi connectivity index (χ3v) is 2.93. The predicted octanol–water partition coefficient (Wildman–Crippen LogP) is 2.37. The zero-order valence-corrected chi connectivity index (χ0v) is 12.0. The molecule has 0 fully saturated rings. The minimum absolute atomic E-state index is 1.01. The van der Waals surface area contributed by atoms with Crippen molar-refractivity contribution in [2.24, 2.45) is 0 Å². The van der Waals surface area contributed by atoms with Crippen LogP contribution in [0.1, 0.15) is 13.3 Å². The summed E-state index contributed by atoms with van der Waals surface area (Å²) in [5.74, 6) is 0. The maximum atomic E-state index is 3.47. The molecule has 1 N–H and O–H groups in total. The minimum atomic E-state index is 1.01.